The molecule has 0 saturated heterocycles. The van der Waals surface area contributed by atoms with E-state index in [1.165, 1.54) is 43.0 Å². The molecule has 110 valence electrons. The summed E-state index contributed by atoms with van der Waals surface area (Å²) >= 11 is 1.71. The van der Waals surface area contributed by atoms with Crippen LogP contribution in [-0.4, -0.2) is 7.05 Å². The van der Waals surface area contributed by atoms with E-state index in [4.69, 9.17) is 0 Å². The molecule has 1 N–H and O–H groups in total. The Kier molecular flexibility index (Phi) is 5.99. The van der Waals surface area contributed by atoms with Crippen molar-refractivity contribution in [3.05, 3.63) is 35.0 Å². The van der Waals surface area contributed by atoms with Gasteiger partial charge in [-0.05, 0) is 37.1 Å². The molecule has 0 amide bonds. The first kappa shape index (κ1) is 15.5. The van der Waals surface area contributed by atoms with Crippen LogP contribution in [0.15, 0.2) is 24.3 Å². The molecule has 1 aromatic heterocycles. The van der Waals surface area contributed by atoms with E-state index in [-0.39, 0.29) is 5.82 Å². The molecule has 0 fully saturated rings. The molecule has 3 heteroatoms. The number of halogens is 1. The van der Waals surface area contributed by atoms with Crippen LogP contribution in [0.5, 0.6) is 0 Å². The van der Waals surface area contributed by atoms with Crippen molar-refractivity contribution in [1.29, 1.82) is 0 Å². The number of fused-ring (bicyclic) bond motifs is 1. The van der Waals surface area contributed by atoms with Gasteiger partial charge in [0, 0.05) is 15.6 Å². The van der Waals surface area contributed by atoms with Crippen molar-refractivity contribution >= 4 is 21.4 Å². The van der Waals surface area contributed by atoms with Gasteiger partial charge in [-0.25, -0.2) is 4.39 Å². The number of thiophene rings is 1. The van der Waals surface area contributed by atoms with Crippen LogP contribution >= 0.6 is 11.3 Å². The molecular weight excluding hydrogens is 269 g/mol. The SMILES string of the molecule is CCCCCCCC(NC)c1cc2ccc(F)cc2s1. The summed E-state index contributed by atoms with van der Waals surface area (Å²) in [6.07, 6.45) is 7.70. The highest BCUT2D eigenvalue weighted by Gasteiger charge is 2.12. The summed E-state index contributed by atoms with van der Waals surface area (Å²) in [5, 5.41) is 4.55. The van der Waals surface area contributed by atoms with Crippen molar-refractivity contribution in [1.82, 2.24) is 5.32 Å². The predicted molar refractivity (Wildman–Crippen MR) is 87.0 cm³/mol. The molecule has 1 atom stereocenters. The van der Waals surface area contributed by atoms with Crippen LogP contribution in [0.3, 0.4) is 0 Å². The van der Waals surface area contributed by atoms with Crippen LogP contribution in [0.25, 0.3) is 10.1 Å². The second-order valence-corrected chi connectivity index (χ2v) is 6.49. The van der Waals surface area contributed by atoms with Crippen molar-refractivity contribution in [2.45, 2.75) is 51.5 Å². The smallest absolute Gasteiger partial charge is 0.124 e. The summed E-state index contributed by atoms with van der Waals surface area (Å²) in [6, 6.07) is 7.65. The lowest BCUT2D eigenvalue weighted by Crippen LogP contribution is -2.14. The third kappa shape index (κ3) is 4.03. The number of benzene rings is 1. The maximum Gasteiger partial charge on any atom is 0.124 e. The van der Waals surface area contributed by atoms with E-state index in [1.807, 2.05) is 13.1 Å². The summed E-state index contributed by atoms with van der Waals surface area (Å²) in [5.41, 5.74) is 0. The topological polar surface area (TPSA) is 12.0 Å². The van der Waals surface area contributed by atoms with E-state index in [0.29, 0.717) is 6.04 Å². The van der Waals surface area contributed by atoms with Crippen molar-refractivity contribution in [3.63, 3.8) is 0 Å². The normalized spacial score (nSPS) is 12.9. The van der Waals surface area contributed by atoms with Crippen molar-refractivity contribution < 1.29 is 4.39 Å². The van der Waals surface area contributed by atoms with Crippen LogP contribution in [0.2, 0.25) is 0 Å². The summed E-state index contributed by atoms with van der Waals surface area (Å²) in [5.74, 6) is -0.147. The Morgan fingerprint density at radius 2 is 1.95 bits per heavy atom. The van der Waals surface area contributed by atoms with Gasteiger partial charge in [-0.2, -0.15) is 0 Å². The van der Waals surface area contributed by atoms with Crippen LogP contribution in [0.1, 0.15) is 56.4 Å². The first-order chi connectivity index (χ1) is 9.74. The van der Waals surface area contributed by atoms with E-state index in [2.05, 4.69) is 18.3 Å². The maximum atomic E-state index is 13.2. The molecular formula is C17H24FNS. The predicted octanol–water partition coefficient (Wildman–Crippen LogP) is 5.66. The van der Waals surface area contributed by atoms with Crippen molar-refractivity contribution in [2.75, 3.05) is 7.05 Å². The van der Waals surface area contributed by atoms with Crippen molar-refractivity contribution in [3.8, 4) is 0 Å². The first-order valence-corrected chi connectivity index (χ1v) is 8.42. The van der Waals surface area contributed by atoms with Crippen molar-refractivity contribution in [2.24, 2.45) is 0 Å². The Labute approximate surface area is 125 Å². The average molecular weight is 293 g/mol. The van der Waals surface area contributed by atoms with Gasteiger partial charge in [-0.3, -0.25) is 0 Å². The fourth-order valence-electron chi connectivity index (χ4n) is 2.58. The lowest BCUT2D eigenvalue weighted by molar-refractivity contribution is 0.506. The highest BCUT2D eigenvalue weighted by molar-refractivity contribution is 7.19. The third-order valence-electron chi connectivity index (χ3n) is 3.79. The Bertz CT molecular complexity index is 535. The largest absolute Gasteiger partial charge is 0.312 e. The minimum atomic E-state index is -0.147. The van der Waals surface area contributed by atoms with Gasteiger partial charge >= 0.3 is 0 Å². The molecule has 0 radical (unpaired) electrons. The second-order valence-electron chi connectivity index (χ2n) is 5.38. The van der Waals surface area contributed by atoms with Crippen LogP contribution in [0, 0.1) is 5.82 Å². The van der Waals surface area contributed by atoms with Gasteiger partial charge in [0.2, 0.25) is 0 Å². The molecule has 0 spiro atoms. The Morgan fingerprint density at radius 1 is 1.15 bits per heavy atom. The van der Waals surface area contributed by atoms with Gasteiger partial charge in [0.25, 0.3) is 0 Å². The summed E-state index contributed by atoms with van der Waals surface area (Å²) in [4.78, 5) is 1.32. The summed E-state index contributed by atoms with van der Waals surface area (Å²) < 4.78 is 14.3. The number of unbranched alkanes of at least 4 members (excludes halogenated alkanes) is 4. The lowest BCUT2D eigenvalue weighted by atomic mass is 10.0. The van der Waals surface area contributed by atoms with Crippen LogP contribution in [-0.2, 0) is 0 Å². The zero-order valence-corrected chi connectivity index (χ0v) is 13.2. The first-order valence-electron chi connectivity index (χ1n) is 7.61. The summed E-state index contributed by atoms with van der Waals surface area (Å²) in [6.45, 7) is 2.24. The number of hydrogen-bond donors (Lipinski definition) is 1. The molecule has 0 bridgehead atoms. The van der Waals surface area contributed by atoms with E-state index in [1.54, 1.807) is 17.4 Å². The fourth-order valence-corrected chi connectivity index (χ4v) is 3.81. The molecule has 1 aromatic carbocycles. The Hall–Kier alpha value is -0.930. The highest BCUT2D eigenvalue weighted by atomic mass is 32.1. The quantitative estimate of drug-likeness (QED) is 0.619. The third-order valence-corrected chi connectivity index (χ3v) is 5.00. The molecule has 1 unspecified atom stereocenters. The van der Waals surface area contributed by atoms with Gasteiger partial charge in [-0.15, -0.1) is 11.3 Å². The molecule has 0 aliphatic heterocycles. The average Bonchev–Trinajstić information content (AvgIpc) is 2.85. The van der Waals surface area contributed by atoms with Gasteiger partial charge in [0.05, 0.1) is 0 Å². The second kappa shape index (κ2) is 7.75. The van der Waals surface area contributed by atoms with Gasteiger partial charge < -0.3 is 5.32 Å². The minimum absolute atomic E-state index is 0.147. The molecule has 1 nitrogen and oxygen atoms in total. The van der Waals surface area contributed by atoms with Gasteiger partial charge in [0.1, 0.15) is 5.82 Å². The number of hydrogen-bond acceptors (Lipinski definition) is 2. The van der Waals surface area contributed by atoms with Gasteiger partial charge in [0.15, 0.2) is 0 Å². The van der Waals surface area contributed by atoms with Gasteiger partial charge in [-0.1, -0.05) is 45.1 Å². The monoisotopic (exact) mass is 293 g/mol. The fraction of sp³-hybridized carbons (Fsp3) is 0.529. The van der Waals surface area contributed by atoms with E-state index >= 15 is 0 Å². The standard InChI is InChI=1S/C17H24FNS/c1-3-4-5-6-7-8-15(19-2)17-11-13-9-10-14(18)12-16(13)20-17/h9-12,15,19H,3-8H2,1-2H3. The van der Waals surface area contributed by atoms with E-state index in [9.17, 15) is 4.39 Å². The molecule has 2 rings (SSSR count). The molecule has 1 heterocycles. The zero-order chi connectivity index (χ0) is 14.4. The van der Waals surface area contributed by atoms with Crippen LogP contribution in [0.4, 0.5) is 4.39 Å². The summed E-state index contributed by atoms with van der Waals surface area (Å²) in [7, 11) is 2.02. The minimum Gasteiger partial charge on any atom is -0.312 e. The maximum absolute atomic E-state index is 13.2. The van der Waals surface area contributed by atoms with E-state index in [0.717, 1.165) is 16.5 Å². The molecule has 0 aliphatic rings. The van der Waals surface area contributed by atoms with Crippen LogP contribution < -0.4 is 5.32 Å². The molecule has 0 aliphatic carbocycles. The molecule has 20 heavy (non-hydrogen) atoms. The zero-order valence-electron chi connectivity index (χ0n) is 12.4. The lowest BCUT2D eigenvalue weighted by Gasteiger charge is -2.14. The highest BCUT2D eigenvalue weighted by Crippen LogP contribution is 2.32. The van der Waals surface area contributed by atoms with E-state index < -0.39 is 0 Å². The number of rotatable bonds is 8. The number of nitrogens with one attached hydrogen (secondary N) is 1. The molecule has 0 saturated carbocycles. The Balaban J connectivity index is 1.98. The Morgan fingerprint density at radius 3 is 2.70 bits per heavy atom. The molecule has 2 aromatic rings.